The second-order valence-corrected chi connectivity index (χ2v) is 4.68. The molecule has 1 rings (SSSR count). The van der Waals surface area contributed by atoms with E-state index in [2.05, 4.69) is 0 Å². The van der Waals surface area contributed by atoms with Gasteiger partial charge in [-0.3, -0.25) is 9.59 Å². The minimum atomic E-state index is -4.86. The Kier molecular flexibility index (Phi) is 5.16. The highest BCUT2D eigenvalue weighted by Crippen LogP contribution is 2.28. The molecule has 0 aliphatic rings. The average Bonchev–Trinajstić information content (AvgIpc) is 2.39. The highest BCUT2D eigenvalue weighted by Gasteiger charge is 2.49. The molecule has 0 spiro atoms. The summed E-state index contributed by atoms with van der Waals surface area (Å²) in [7, 11) is 2.92. The first-order chi connectivity index (χ1) is 9.57. The van der Waals surface area contributed by atoms with E-state index >= 15 is 0 Å². The SMILES string of the molecule is CN(C)C(=O)c1ccc(Cl)c(NC(=O)C(F)(F)C(F)F)c1. The lowest BCUT2D eigenvalue weighted by molar-refractivity contribution is -0.163. The van der Waals surface area contributed by atoms with Gasteiger partial charge in [-0.1, -0.05) is 11.6 Å². The maximum absolute atomic E-state index is 12.9. The minimum Gasteiger partial charge on any atom is -0.345 e. The predicted octanol–water partition coefficient (Wildman–Crippen LogP) is 2.88. The van der Waals surface area contributed by atoms with Gasteiger partial charge < -0.3 is 10.2 Å². The fourth-order valence-corrected chi connectivity index (χ4v) is 1.48. The molecule has 0 aliphatic carbocycles. The monoisotopic (exact) mass is 326 g/mol. The topological polar surface area (TPSA) is 49.4 Å². The lowest BCUT2D eigenvalue weighted by Crippen LogP contribution is -2.41. The van der Waals surface area contributed by atoms with E-state index < -0.39 is 24.2 Å². The maximum atomic E-state index is 12.9. The Balaban J connectivity index is 3.06. The van der Waals surface area contributed by atoms with E-state index in [4.69, 9.17) is 11.6 Å². The standard InChI is InChI=1S/C12H11ClF4N2O2/c1-19(2)9(20)6-3-4-7(13)8(5-6)18-11(21)12(16,17)10(14)15/h3-5,10H,1-2H3,(H,18,21). The fourth-order valence-electron chi connectivity index (χ4n) is 1.32. The lowest BCUT2D eigenvalue weighted by atomic mass is 10.1. The number of hydrogen-bond acceptors (Lipinski definition) is 2. The van der Waals surface area contributed by atoms with Crippen LogP contribution < -0.4 is 5.32 Å². The molecule has 2 amide bonds. The molecule has 1 N–H and O–H groups in total. The Morgan fingerprint density at radius 2 is 1.86 bits per heavy atom. The molecule has 0 atom stereocenters. The van der Waals surface area contributed by atoms with Crippen LogP contribution in [0.1, 0.15) is 10.4 Å². The van der Waals surface area contributed by atoms with Gasteiger partial charge in [0.25, 0.3) is 5.91 Å². The summed E-state index contributed by atoms with van der Waals surface area (Å²) in [6.07, 6.45) is -4.15. The summed E-state index contributed by atoms with van der Waals surface area (Å²) in [6, 6.07) is 3.53. The maximum Gasteiger partial charge on any atom is 0.383 e. The summed E-state index contributed by atoms with van der Waals surface area (Å²) < 4.78 is 49.9. The van der Waals surface area contributed by atoms with Crippen molar-refractivity contribution in [2.45, 2.75) is 12.3 Å². The molecule has 0 aliphatic heterocycles. The van der Waals surface area contributed by atoms with Crippen LogP contribution in [0.3, 0.4) is 0 Å². The summed E-state index contributed by atoms with van der Waals surface area (Å²) in [5.74, 6) is -7.53. The van der Waals surface area contributed by atoms with Crippen LogP contribution in [0.15, 0.2) is 18.2 Å². The van der Waals surface area contributed by atoms with Gasteiger partial charge in [-0.25, -0.2) is 8.78 Å². The van der Waals surface area contributed by atoms with Crippen molar-refractivity contribution in [3.8, 4) is 0 Å². The van der Waals surface area contributed by atoms with Crippen molar-refractivity contribution in [1.29, 1.82) is 0 Å². The lowest BCUT2D eigenvalue weighted by Gasteiger charge is -2.16. The van der Waals surface area contributed by atoms with Crippen molar-refractivity contribution >= 4 is 29.1 Å². The molecule has 0 bridgehead atoms. The number of amides is 2. The van der Waals surface area contributed by atoms with Gasteiger partial charge in [0.05, 0.1) is 10.7 Å². The number of nitrogens with one attached hydrogen (secondary N) is 1. The minimum absolute atomic E-state index is 0.0556. The van der Waals surface area contributed by atoms with E-state index in [1.807, 2.05) is 0 Å². The summed E-state index contributed by atoms with van der Waals surface area (Å²) >= 11 is 5.68. The zero-order chi connectivity index (χ0) is 16.4. The van der Waals surface area contributed by atoms with Crippen LogP contribution in [0.5, 0.6) is 0 Å². The Labute approximate surface area is 122 Å². The molecule has 21 heavy (non-hydrogen) atoms. The first-order valence-electron chi connectivity index (χ1n) is 5.56. The van der Waals surface area contributed by atoms with Crippen LogP contribution in [0, 0.1) is 0 Å². The Hall–Kier alpha value is -1.83. The zero-order valence-electron chi connectivity index (χ0n) is 11.0. The van der Waals surface area contributed by atoms with Crippen LogP contribution in [-0.2, 0) is 4.79 Å². The van der Waals surface area contributed by atoms with E-state index in [9.17, 15) is 27.2 Å². The van der Waals surface area contributed by atoms with E-state index in [-0.39, 0.29) is 16.3 Å². The average molecular weight is 327 g/mol. The van der Waals surface area contributed by atoms with Crippen molar-refractivity contribution in [3.63, 3.8) is 0 Å². The van der Waals surface area contributed by atoms with Gasteiger partial charge in [-0.05, 0) is 18.2 Å². The van der Waals surface area contributed by atoms with Crippen LogP contribution in [0.25, 0.3) is 0 Å². The van der Waals surface area contributed by atoms with Gasteiger partial charge in [0, 0.05) is 19.7 Å². The second kappa shape index (κ2) is 6.30. The van der Waals surface area contributed by atoms with Crippen molar-refractivity contribution in [1.82, 2.24) is 4.90 Å². The van der Waals surface area contributed by atoms with Crippen molar-refractivity contribution in [3.05, 3.63) is 28.8 Å². The Bertz CT molecular complexity index is 564. The number of carbonyl (C=O) groups is 2. The molecule has 4 nitrogen and oxygen atoms in total. The number of anilines is 1. The molecule has 0 unspecified atom stereocenters. The molecule has 0 saturated carbocycles. The number of hydrogen-bond donors (Lipinski definition) is 1. The third-order valence-corrected chi connectivity index (χ3v) is 2.77. The van der Waals surface area contributed by atoms with E-state index in [0.717, 1.165) is 6.07 Å². The molecule has 1 aromatic carbocycles. The molecule has 0 saturated heterocycles. The Morgan fingerprint density at radius 1 is 1.29 bits per heavy atom. The van der Waals surface area contributed by atoms with E-state index in [1.165, 1.54) is 31.1 Å². The van der Waals surface area contributed by atoms with Crippen molar-refractivity contribution in [2.24, 2.45) is 0 Å². The third kappa shape index (κ3) is 3.84. The molecule has 1 aromatic rings. The van der Waals surface area contributed by atoms with Gasteiger partial charge in [0.15, 0.2) is 0 Å². The van der Waals surface area contributed by atoms with Crippen molar-refractivity contribution < 1.29 is 27.2 Å². The van der Waals surface area contributed by atoms with Crippen LogP contribution in [-0.4, -0.2) is 43.2 Å². The van der Waals surface area contributed by atoms with Crippen LogP contribution >= 0.6 is 11.6 Å². The molecule has 0 radical (unpaired) electrons. The smallest absolute Gasteiger partial charge is 0.345 e. The number of rotatable bonds is 4. The summed E-state index contributed by atoms with van der Waals surface area (Å²) in [5.41, 5.74) is -0.297. The van der Waals surface area contributed by atoms with Gasteiger partial charge in [-0.2, -0.15) is 8.78 Å². The summed E-state index contributed by atoms with van der Waals surface area (Å²) in [4.78, 5) is 24.1. The molecule has 0 fully saturated rings. The molecular formula is C12H11ClF4N2O2. The molecule has 9 heteroatoms. The van der Waals surface area contributed by atoms with Gasteiger partial charge in [0.1, 0.15) is 0 Å². The van der Waals surface area contributed by atoms with Crippen molar-refractivity contribution in [2.75, 3.05) is 19.4 Å². The van der Waals surface area contributed by atoms with Gasteiger partial charge in [-0.15, -0.1) is 0 Å². The van der Waals surface area contributed by atoms with Gasteiger partial charge >= 0.3 is 18.3 Å². The number of halogens is 5. The zero-order valence-corrected chi connectivity index (χ0v) is 11.7. The van der Waals surface area contributed by atoms with E-state index in [0.29, 0.717) is 0 Å². The number of carbonyl (C=O) groups excluding carboxylic acids is 2. The molecule has 0 aromatic heterocycles. The highest BCUT2D eigenvalue weighted by atomic mass is 35.5. The second-order valence-electron chi connectivity index (χ2n) is 4.27. The third-order valence-electron chi connectivity index (χ3n) is 2.44. The first-order valence-corrected chi connectivity index (χ1v) is 5.93. The predicted molar refractivity (Wildman–Crippen MR) is 69.1 cm³/mol. The number of alkyl halides is 4. The van der Waals surface area contributed by atoms with E-state index in [1.54, 1.807) is 5.32 Å². The normalized spacial score (nSPS) is 11.4. The molecule has 0 heterocycles. The number of benzene rings is 1. The fraction of sp³-hybridized carbons (Fsp3) is 0.333. The molecular weight excluding hydrogens is 316 g/mol. The first kappa shape index (κ1) is 17.2. The number of nitrogens with zero attached hydrogens (tertiary/aromatic N) is 1. The van der Waals surface area contributed by atoms with Crippen LogP contribution in [0.4, 0.5) is 23.2 Å². The Morgan fingerprint density at radius 3 is 2.33 bits per heavy atom. The quantitative estimate of drug-likeness (QED) is 0.865. The highest BCUT2D eigenvalue weighted by molar-refractivity contribution is 6.34. The molecule has 116 valence electrons. The summed E-state index contributed by atoms with van der Waals surface area (Å²) in [5, 5.41) is 1.43. The van der Waals surface area contributed by atoms with Gasteiger partial charge in [0.2, 0.25) is 0 Å². The van der Waals surface area contributed by atoms with Crippen LogP contribution in [0.2, 0.25) is 5.02 Å². The summed E-state index contributed by atoms with van der Waals surface area (Å²) in [6.45, 7) is 0. The largest absolute Gasteiger partial charge is 0.383 e.